The second kappa shape index (κ2) is 8.24. The molecule has 7 nitrogen and oxygen atoms in total. The molecular weight excluding hydrogens is 340 g/mol. The fourth-order valence-corrected chi connectivity index (χ4v) is 3.65. The maximum Gasteiger partial charge on any atom is 0.228 e. The van der Waals surface area contributed by atoms with E-state index in [2.05, 4.69) is 20.3 Å². The van der Waals surface area contributed by atoms with E-state index in [9.17, 15) is 9.59 Å². The van der Waals surface area contributed by atoms with Crippen molar-refractivity contribution in [1.29, 1.82) is 0 Å². The van der Waals surface area contributed by atoms with Crippen LogP contribution in [0.5, 0.6) is 0 Å². The number of piperidine rings is 1. The molecule has 0 radical (unpaired) electrons. The molecule has 0 spiro atoms. The SMILES string of the molecule is Cc1nonc1CC(=O)N1CCC(CNC(=O)Cc2cccs2)CC1. The zero-order chi connectivity index (χ0) is 17.6. The number of hydrogen-bond acceptors (Lipinski definition) is 6. The lowest BCUT2D eigenvalue weighted by molar-refractivity contribution is -0.132. The highest BCUT2D eigenvalue weighted by atomic mass is 32.1. The van der Waals surface area contributed by atoms with Gasteiger partial charge < -0.3 is 10.2 Å². The molecule has 2 aromatic rings. The Balaban J connectivity index is 1.37. The molecule has 1 N–H and O–H groups in total. The molecule has 0 aromatic carbocycles. The second-order valence-electron chi connectivity index (χ2n) is 6.36. The molecule has 0 saturated carbocycles. The summed E-state index contributed by atoms with van der Waals surface area (Å²) in [6.45, 7) is 3.89. The number of aromatic nitrogens is 2. The first-order valence-corrected chi connectivity index (χ1v) is 9.34. The van der Waals surface area contributed by atoms with E-state index in [1.54, 1.807) is 18.3 Å². The molecule has 2 amide bonds. The van der Waals surface area contributed by atoms with Crippen LogP contribution < -0.4 is 5.32 Å². The van der Waals surface area contributed by atoms with Crippen LogP contribution >= 0.6 is 11.3 Å². The number of rotatable bonds is 6. The number of thiophene rings is 1. The highest BCUT2D eigenvalue weighted by Gasteiger charge is 2.24. The van der Waals surface area contributed by atoms with Crippen molar-refractivity contribution in [2.75, 3.05) is 19.6 Å². The van der Waals surface area contributed by atoms with Crippen LogP contribution in [0.1, 0.15) is 29.1 Å². The molecule has 0 atom stereocenters. The van der Waals surface area contributed by atoms with Gasteiger partial charge in [0.25, 0.3) is 0 Å². The smallest absolute Gasteiger partial charge is 0.228 e. The van der Waals surface area contributed by atoms with Gasteiger partial charge in [-0.3, -0.25) is 9.59 Å². The Kier molecular flexibility index (Phi) is 5.80. The van der Waals surface area contributed by atoms with E-state index in [0.717, 1.165) is 17.7 Å². The third kappa shape index (κ3) is 4.88. The van der Waals surface area contributed by atoms with Crippen molar-refractivity contribution in [3.63, 3.8) is 0 Å². The second-order valence-corrected chi connectivity index (χ2v) is 7.39. The number of aryl methyl sites for hydroxylation is 1. The quantitative estimate of drug-likeness (QED) is 0.843. The Hall–Kier alpha value is -2.22. The molecule has 2 aromatic heterocycles. The Labute approximate surface area is 150 Å². The summed E-state index contributed by atoms with van der Waals surface area (Å²) in [5, 5.41) is 12.5. The Morgan fingerprint density at radius 1 is 1.32 bits per heavy atom. The molecule has 3 rings (SSSR count). The van der Waals surface area contributed by atoms with E-state index in [1.807, 2.05) is 22.4 Å². The molecule has 1 aliphatic heterocycles. The molecule has 25 heavy (non-hydrogen) atoms. The van der Waals surface area contributed by atoms with Crippen LogP contribution in [0.2, 0.25) is 0 Å². The van der Waals surface area contributed by atoms with Crippen LogP contribution in [0, 0.1) is 12.8 Å². The fraction of sp³-hybridized carbons (Fsp3) is 0.529. The van der Waals surface area contributed by atoms with Crippen LogP contribution in [-0.4, -0.2) is 46.7 Å². The monoisotopic (exact) mass is 362 g/mol. The van der Waals surface area contributed by atoms with Crippen LogP contribution in [-0.2, 0) is 22.4 Å². The Morgan fingerprint density at radius 3 is 2.76 bits per heavy atom. The third-order valence-electron chi connectivity index (χ3n) is 4.54. The van der Waals surface area contributed by atoms with Gasteiger partial charge in [-0.25, -0.2) is 4.63 Å². The van der Waals surface area contributed by atoms with Crippen molar-refractivity contribution in [1.82, 2.24) is 20.5 Å². The molecular formula is C17H22N4O3S. The van der Waals surface area contributed by atoms with Gasteiger partial charge in [0, 0.05) is 24.5 Å². The molecule has 8 heteroatoms. The van der Waals surface area contributed by atoms with Gasteiger partial charge in [0.15, 0.2) is 0 Å². The van der Waals surface area contributed by atoms with E-state index < -0.39 is 0 Å². The molecule has 1 saturated heterocycles. The number of amides is 2. The number of hydrogen-bond donors (Lipinski definition) is 1. The minimum absolute atomic E-state index is 0.0546. The summed E-state index contributed by atoms with van der Waals surface area (Å²) in [5.41, 5.74) is 1.27. The van der Waals surface area contributed by atoms with Crippen molar-refractivity contribution in [2.24, 2.45) is 5.92 Å². The molecule has 3 heterocycles. The lowest BCUT2D eigenvalue weighted by atomic mass is 9.96. The van der Waals surface area contributed by atoms with Crippen LogP contribution in [0.25, 0.3) is 0 Å². The largest absolute Gasteiger partial charge is 0.356 e. The van der Waals surface area contributed by atoms with Gasteiger partial charge in [0.1, 0.15) is 11.4 Å². The number of likely N-dealkylation sites (tertiary alicyclic amines) is 1. The van der Waals surface area contributed by atoms with Gasteiger partial charge in [0.2, 0.25) is 11.8 Å². The molecule has 1 aliphatic rings. The normalized spacial score (nSPS) is 15.3. The standard InChI is InChI=1S/C17H22N4O3S/c1-12-15(20-24-19-12)10-17(23)21-6-4-13(5-7-21)11-18-16(22)9-14-3-2-8-25-14/h2-3,8,13H,4-7,9-11H2,1H3,(H,18,22). The zero-order valence-electron chi connectivity index (χ0n) is 14.2. The van der Waals surface area contributed by atoms with E-state index in [1.165, 1.54) is 0 Å². The molecule has 134 valence electrons. The maximum absolute atomic E-state index is 12.3. The molecule has 0 unspecified atom stereocenters. The summed E-state index contributed by atoms with van der Waals surface area (Å²) in [7, 11) is 0. The van der Waals surface area contributed by atoms with E-state index in [-0.39, 0.29) is 18.2 Å². The van der Waals surface area contributed by atoms with Gasteiger partial charge >= 0.3 is 0 Å². The molecule has 0 aliphatic carbocycles. The van der Waals surface area contributed by atoms with Crippen LogP contribution in [0.3, 0.4) is 0 Å². The fourth-order valence-electron chi connectivity index (χ4n) is 2.94. The number of carbonyl (C=O) groups is 2. The summed E-state index contributed by atoms with van der Waals surface area (Å²) in [6, 6.07) is 3.93. The number of nitrogens with one attached hydrogen (secondary N) is 1. The maximum atomic E-state index is 12.3. The van der Waals surface area contributed by atoms with Crippen molar-refractivity contribution in [3.05, 3.63) is 33.8 Å². The van der Waals surface area contributed by atoms with Gasteiger partial charge in [0.05, 0.1) is 12.8 Å². The average molecular weight is 362 g/mol. The lowest BCUT2D eigenvalue weighted by Gasteiger charge is -2.32. The highest BCUT2D eigenvalue weighted by molar-refractivity contribution is 7.10. The molecule has 1 fully saturated rings. The van der Waals surface area contributed by atoms with E-state index in [4.69, 9.17) is 0 Å². The third-order valence-corrected chi connectivity index (χ3v) is 5.41. The summed E-state index contributed by atoms with van der Waals surface area (Å²) < 4.78 is 4.63. The summed E-state index contributed by atoms with van der Waals surface area (Å²) >= 11 is 1.60. The highest BCUT2D eigenvalue weighted by Crippen LogP contribution is 2.18. The van der Waals surface area contributed by atoms with Gasteiger partial charge in [-0.1, -0.05) is 16.4 Å². The van der Waals surface area contributed by atoms with Gasteiger partial charge in [-0.2, -0.15) is 0 Å². The van der Waals surface area contributed by atoms with Crippen molar-refractivity contribution >= 4 is 23.2 Å². The predicted molar refractivity (Wildman–Crippen MR) is 93.1 cm³/mol. The first kappa shape index (κ1) is 17.6. The number of nitrogens with zero attached hydrogens (tertiary/aromatic N) is 3. The minimum atomic E-state index is 0.0546. The van der Waals surface area contributed by atoms with Crippen molar-refractivity contribution in [3.8, 4) is 0 Å². The average Bonchev–Trinajstić information content (AvgIpc) is 3.26. The molecule has 0 bridgehead atoms. The summed E-state index contributed by atoms with van der Waals surface area (Å²) in [4.78, 5) is 27.2. The van der Waals surface area contributed by atoms with Crippen LogP contribution in [0.15, 0.2) is 22.1 Å². The van der Waals surface area contributed by atoms with Gasteiger partial charge in [-0.15, -0.1) is 11.3 Å². The topological polar surface area (TPSA) is 88.3 Å². The van der Waals surface area contributed by atoms with Crippen LogP contribution in [0.4, 0.5) is 0 Å². The Morgan fingerprint density at radius 2 is 2.12 bits per heavy atom. The first-order valence-electron chi connectivity index (χ1n) is 8.46. The van der Waals surface area contributed by atoms with E-state index >= 15 is 0 Å². The lowest BCUT2D eigenvalue weighted by Crippen LogP contribution is -2.42. The minimum Gasteiger partial charge on any atom is -0.356 e. The van der Waals surface area contributed by atoms with Crippen molar-refractivity contribution < 1.29 is 14.2 Å². The zero-order valence-corrected chi connectivity index (χ0v) is 15.1. The number of carbonyl (C=O) groups excluding carboxylic acids is 2. The van der Waals surface area contributed by atoms with E-state index in [0.29, 0.717) is 43.4 Å². The summed E-state index contributed by atoms with van der Waals surface area (Å²) in [5.74, 6) is 0.542. The Bertz CT molecular complexity index is 705. The first-order chi connectivity index (χ1) is 12.1. The summed E-state index contributed by atoms with van der Waals surface area (Å²) in [6.07, 6.45) is 2.49. The van der Waals surface area contributed by atoms with Crippen molar-refractivity contribution in [2.45, 2.75) is 32.6 Å². The van der Waals surface area contributed by atoms with Gasteiger partial charge in [-0.05, 0) is 37.1 Å². The predicted octanol–water partition coefficient (Wildman–Crippen LogP) is 1.58.